The van der Waals surface area contributed by atoms with Gasteiger partial charge in [-0.05, 0) is 61.9 Å². The Hall–Kier alpha value is -1.71. The van der Waals surface area contributed by atoms with Crippen molar-refractivity contribution in [2.45, 2.75) is 38.6 Å². The molecular formula is C29H34Cl2N4O3Y-2. The average Bonchev–Trinajstić information content (AvgIpc) is 2.91. The maximum atomic E-state index is 10.3. The van der Waals surface area contributed by atoms with Gasteiger partial charge in [-0.15, -0.1) is 13.1 Å². The normalized spacial score (nSPS) is 14.3. The standard InChI is InChI=1S/C25H27Cl2N2O2.C4H7N2O.Y/c1-16(2)31-23-14-22(30-3)13-8-19(23)15-29-25(18-6-11-21(27)12-7-18)24(28)17-4-9-20(26)10-5-17;7-4-3-5-1-2-6-4;/h4-14,16,24-25H,15,28H2,1-3H3;1-3H2,(H,6,7);/q2*-1;. The molecule has 1 aliphatic heterocycles. The molecule has 39 heavy (non-hydrogen) atoms. The van der Waals surface area contributed by atoms with E-state index < -0.39 is 0 Å². The molecule has 0 saturated carbocycles. The molecule has 7 nitrogen and oxygen atoms in total. The average molecular weight is 646 g/mol. The van der Waals surface area contributed by atoms with E-state index in [2.05, 4.69) is 10.6 Å². The summed E-state index contributed by atoms with van der Waals surface area (Å²) in [5.41, 5.74) is 9.59. The first-order valence-corrected chi connectivity index (χ1v) is 13.2. The fourth-order valence-corrected chi connectivity index (χ4v) is 4.07. The van der Waals surface area contributed by atoms with Crippen molar-refractivity contribution in [3.05, 3.63) is 104 Å². The van der Waals surface area contributed by atoms with E-state index in [-0.39, 0.29) is 56.8 Å². The minimum Gasteiger partial charge on any atom is -0.653 e. The number of nitrogens with two attached hydrogens (primary N) is 1. The van der Waals surface area contributed by atoms with Crippen LogP contribution in [-0.4, -0.2) is 38.8 Å². The fourth-order valence-electron chi connectivity index (χ4n) is 3.82. The Balaban J connectivity index is 0.000000579. The third kappa shape index (κ3) is 11.0. The molecule has 1 aliphatic rings. The van der Waals surface area contributed by atoms with Crippen LogP contribution in [0.2, 0.25) is 10.0 Å². The summed E-state index contributed by atoms with van der Waals surface area (Å²) < 4.78 is 11.3. The smallest absolute Gasteiger partial charge is 0.199 e. The Bertz CT molecular complexity index is 1160. The van der Waals surface area contributed by atoms with E-state index in [4.69, 9.17) is 43.7 Å². The summed E-state index contributed by atoms with van der Waals surface area (Å²) in [6, 6.07) is 20.4. The van der Waals surface area contributed by atoms with Crippen molar-refractivity contribution < 1.29 is 47.0 Å². The Labute approximate surface area is 266 Å². The van der Waals surface area contributed by atoms with E-state index in [1.54, 1.807) is 7.11 Å². The van der Waals surface area contributed by atoms with Crippen LogP contribution in [0.4, 0.5) is 0 Å². The molecule has 2 unspecified atom stereocenters. The number of hydrogen-bond acceptors (Lipinski definition) is 4. The second-order valence-corrected chi connectivity index (χ2v) is 9.88. The molecule has 1 radical (unpaired) electrons. The number of amides is 1. The number of rotatable bonds is 9. The largest absolute Gasteiger partial charge is 0.653 e. The van der Waals surface area contributed by atoms with Crippen molar-refractivity contribution in [1.29, 1.82) is 0 Å². The fraction of sp³-hybridized carbons (Fsp3) is 0.345. The summed E-state index contributed by atoms with van der Waals surface area (Å²) in [6.07, 6.45) is 0.0363. The van der Waals surface area contributed by atoms with E-state index in [0.29, 0.717) is 23.1 Å². The molecule has 0 bridgehead atoms. The monoisotopic (exact) mass is 645 g/mol. The third-order valence-corrected chi connectivity index (χ3v) is 6.25. The Kier molecular flexibility index (Phi) is 14.8. The van der Waals surface area contributed by atoms with Crippen molar-refractivity contribution in [3.8, 4) is 11.5 Å². The SMILES string of the molecule is COc1ccc(C[N-]C(c2ccc(Cl)cc2)C(N)c2ccc(Cl)cc2)c(OC(C)C)c1.O=C1C[N-]CCN1.[Y]. The zero-order valence-electron chi connectivity index (χ0n) is 22.4. The quantitative estimate of drug-likeness (QED) is 0.274. The Morgan fingerprint density at radius 2 is 1.62 bits per heavy atom. The summed E-state index contributed by atoms with van der Waals surface area (Å²) in [7, 11) is 1.64. The van der Waals surface area contributed by atoms with E-state index in [1.165, 1.54) is 0 Å². The van der Waals surface area contributed by atoms with Crippen LogP contribution >= 0.6 is 23.2 Å². The number of carbonyl (C=O) groups excluding carboxylic acids is 1. The Morgan fingerprint density at radius 1 is 1.00 bits per heavy atom. The molecule has 0 spiro atoms. The number of benzene rings is 3. The van der Waals surface area contributed by atoms with Crippen LogP contribution in [0.3, 0.4) is 0 Å². The van der Waals surface area contributed by atoms with Crippen molar-refractivity contribution in [2.24, 2.45) is 5.73 Å². The topological polar surface area (TPSA) is 102 Å². The maximum Gasteiger partial charge on any atom is 0.199 e. The molecule has 1 saturated heterocycles. The van der Waals surface area contributed by atoms with Gasteiger partial charge in [-0.1, -0.05) is 71.7 Å². The van der Waals surface area contributed by atoms with Gasteiger partial charge in [0, 0.05) is 54.9 Å². The first-order chi connectivity index (χ1) is 18.3. The molecule has 0 aliphatic carbocycles. The van der Waals surface area contributed by atoms with Crippen molar-refractivity contribution in [1.82, 2.24) is 5.32 Å². The minimum atomic E-state index is -0.342. The zero-order valence-corrected chi connectivity index (χ0v) is 26.8. The van der Waals surface area contributed by atoms with Crippen LogP contribution in [0.5, 0.6) is 11.5 Å². The molecule has 1 heterocycles. The number of methoxy groups -OCH3 is 1. The summed E-state index contributed by atoms with van der Waals surface area (Å²) >= 11 is 12.1. The molecule has 1 amide bonds. The van der Waals surface area contributed by atoms with E-state index in [9.17, 15) is 4.79 Å². The third-order valence-electron chi connectivity index (χ3n) is 5.75. The van der Waals surface area contributed by atoms with Gasteiger partial charge in [0.15, 0.2) is 5.91 Å². The van der Waals surface area contributed by atoms with Gasteiger partial charge < -0.3 is 31.2 Å². The summed E-state index contributed by atoms with van der Waals surface area (Å²) in [6.45, 7) is 6.30. The summed E-state index contributed by atoms with van der Waals surface area (Å²) in [4.78, 5) is 10.3. The first kappa shape index (κ1) is 33.5. The van der Waals surface area contributed by atoms with E-state index >= 15 is 0 Å². The summed E-state index contributed by atoms with van der Waals surface area (Å²) in [5, 5.41) is 12.8. The van der Waals surface area contributed by atoms with Gasteiger partial charge in [-0.25, -0.2) is 0 Å². The van der Waals surface area contributed by atoms with Crippen molar-refractivity contribution in [2.75, 3.05) is 26.7 Å². The van der Waals surface area contributed by atoms with Crippen LogP contribution in [-0.2, 0) is 44.0 Å². The number of nitrogens with zero attached hydrogens (tertiary/aromatic N) is 2. The number of hydrogen-bond donors (Lipinski definition) is 2. The van der Waals surface area contributed by atoms with E-state index in [1.807, 2.05) is 80.6 Å². The number of halogens is 2. The van der Waals surface area contributed by atoms with Gasteiger partial charge >= 0.3 is 0 Å². The molecule has 3 N–H and O–H groups in total. The zero-order chi connectivity index (χ0) is 27.5. The number of ether oxygens (including phenoxy) is 2. The molecule has 2 atom stereocenters. The minimum absolute atomic E-state index is 0. The molecular weight excluding hydrogens is 612 g/mol. The molecule has 10 heteroatoms. The van der Waals surface area contributed by atoms with E-state index in [0.717, 1.165) is 41.3 Å². The molecule has 4 rings (SSSR count). The van der Waals surface area contributed by atoms with Crippen LogP contribution in [0.15, 0.2) is 66.7 Å². The van der Waals surface area contributed by atoms with Gasteiger partial charge in [0.05, 0.1) is 13.2 Å². The summed E-state index contributed by atoms with van der Waals surface area (Å²) in [5.74, 6) is 1.55. The van der Waals surface area contributed by atoms with Gasteiger partial charge in [-0.3, -0.25) is 4.79 Å². The number of carbonyl (C=O) groups is 1. The van der Waals surface area contributed by atoms with Crippen LogP contribution in [0.25, 0.3) is 10.6 Å². The molecule has 1 fully saturated rings. The van der Waals surface area contributed by atoms with Gasteiger partial charge in [-0.2, -0.15) is 0 Å². The number of nitrogens with one attached hydrogen (secondary N) is 1. The van der Waals surface area contributed by atoms with Crippen LogP contribution < -0.4 is 20.5 Å². The molecule has 3 aromatic rings. The predicted octanol–water partition coefficient (Wildman–Crippen LogP) is 6.59. The Morgan fingerprint density at radius 3 is 2.10 bits per heavy atom. The van der Waals surface area contributed by atoms with Crippen LogP contribution in [0.1, 0.15) is 42.6 Å². The van der Waals surface area contributed by atoms with Crippen molar-refractivity contribution in [3.63, 3.8) is 0 Å². The maximum absolute atomic E-state index is 10.3. The first-order valence-electron chi connectivity index (χ1n) is 12.4. The van der Waals surface area contributed by atoms with Gasteiger partial charge in [0.25, 0.3) is 0 Å². The van der Waals surface area contributed by atoms with Crippen LogP contribution in [0, 0.1) is 0 Å². The van der Waals surface area contributed by atoms with Gasteiger partial charge in [0.2, 0.25) is 0 Å². The van der Waals surface area contributed by atoms with Crippen molar-refractivity contribution >= 4 is 29.1 Å². The molecule has 207 valence electrons. The number of piperazine rings is 1. The molecule has 3 aromatic carbocycles. The molecule has 0 aromatic heterocycles. The van der Waals surface area contributed by atoms with Gasteiger partial charge in [0.1, 0.15) is 11.5 Å². The predicted molar refractivity (Wildman–Crippen MR) is 154 cm³/mol. The second-order valence-electron chi connectivity index (χ2n) is 9.01. The second kappa shape index (κ2) is 17.2.